The number of hydrogen-bond donors (Lipinski definition) is 3. The predicted octanol–water partition coefficient (Wildman–Crippen LogP) is 1.94. The van der Waals surface area contributed by atoms with E-state index in [1.807, 2.05) is 0 Å². The van der Waals surface area contributed by atoms with Crippen molar-refractivity contribution >= 4 is 34.0 Å². The van der Waals surface area contributed by atoms with Crippen molar-refractivity contribution in [2.45, 2.75) is 19.4 Å². The molecule has 2 heterocycles. The molecule has 1 aromatic heterocycles. The van der Waals surface area contributed by atoms with Gasteiger partial charge in [0.25, 0.3) is 11.8 Å². The van der Waals surface area contributed by atoms with Gasteiger partial charge in [0, 0.05) is 12.3 Å². The fourth-order valence-corrected chi connectivity index (χ4v) is 3.05. The normalized spacial score (nSPS) is 16.6. The quantitative estimate of drug-likeness (QED) is 0.769. The number of halogens is 1. The van der Waals surface area contributed by atoms with E-state index in [1.165, 1.54) is 18.3 Å². The molecule has 1 fully saturated rings. The number of ether oxygens (including phenoxy) is 1. The van der Waals surface area contributed by atoms with Gasteiger partial charge in [0.1, 0.15) is 10.7 Å². The molecule has 132 valence electrons. The van der Waals surface area contributed by atoms with E-state index in [0.717, 1.165) is 11.3 Å². The highest BCUT2D eigenvalue weighted by molar-refractivity contribution is 7.17. The Morgan fingerprint density at radius 2 is 2.20 bits per heavy atom. The van der Waals surface area contributed by atoms with Gasteiger partial charge in [0.05, 0.1) is 24.4 Å². The highest BCUT2D eigenvalue weighted by Gasteiger charge is 2.22. The second-order valence-electron chi connectivity index (χ2n) is 5.70. The minimum atomic E-state index is -0.644. The van der Waals surface area contributed by atoms with Crippen LogP contribution in [0.25, 0.3) is 0 Å². The number of nitrogens with two attached hydrogens (primary N) is 1. The van der Waals surface area contributed by atoms with Crippen LogP contribution >= 0.6 is 11.3 Å². The van der Waals surface area contributed by atoms with Gasteiger partial charge in [-0.15, -0.1) is 0 Å². The van der Waals surface area contributed by atoms with Gasteiger partial charge < -0.3 is 21.1 Å². The molecule has 0 unspecified atom stereocenters. The highest BCUT2D eigenvalue weighted by Crippen LogP contribution is 2.23. The first kappa shape index (κ1) is 17.3. The van der Waals surface area contributed by atoms with Crippen LogP contribution in [0.15, 0.2) is 18.3 Å². The van der Waals surface area contributed by atoms with Crippen LogP contribution < -0.4 is 16.4 Å². The summed E-state index contributed by atoms with van der Waals surface area (Å²) in [5, 5.41) is 5.67. The van der Waals surface area contributed by atoms with Crippen LogP contribution in [0.3, 0.4) is 0 Å². The number of carbonyl (C=O) groups excluding carboxylic acids is 2. The molecule has 4 N–H and O–H groups in total. The Kier molecular flexibility index (Phi) is 4.95. The molecule has 1 atom stereocenters. The first-order valence-corrected chi connectivity index (χ1v) is 8.47. The molecule has 0 bridgehead atoms. The number of rotatable bonds is 4. The van der Waals surface area contributed by atoms with Gasteiger partial charge in [-0.25, -0.2) is 9.37 Å². The number of anilines is 2. The lowest BCUT2D eigenvalue weighted by Crippen LogP contribution is -2.35. The van der Waals surface area contributed by atoms with E-state index in [-0.39, 0.29) is 16.7 Å². The molecule has 9 heteroatoms. The van der Waals surface area contributed by atoms with Crippen molar-refractivity contribution in [1.82, 2.24) is 10.3 Å². The molecule has 3 rings (SSSR count). The van der Waals surface area contributed by atoms with E-state index in [1.54, 1.807) is 6.92 Å². The zero-order valence-corrected chi connectivity index (χ0v) is 14.3. The van der Waals surface area contributed by atoms with Gasteiger partial charge in [0.2, 0.25) is 0 Å². The number of benzene rings is 1. The van der Waals surface area contributed by atoms with E-state index in [4.69, 9.17) is 10.5 Å². The molecule has 1 aromatic carbocycles. The van der Waals surface area contributed by atoms with E-state index in [2.05, 4.69) is 15.6 Å². The fourth-order valence-electron chi connectivity index (χ4n) is 2.47. The summed E-state index contributed by atoms with van der Waals surface area (Å²) in [5.74, 6) is -1.60. The summed E-state index contributed by atoms with van der Waals surface area (Å²) in [6.07, 6.45) is 2.05. The average molecular weight is 364 g/mol. The largest absolute Gasteiger partial charge is 0.379 e. The zero-order chi connectivity index (χ0) is 18.0. The number of nitrogens with one attached hydrogen (secondary N) is 2. The van der Waals surface area contributed by atoms with E-state index in [0.29, 0.717) is 35.8 Å². The molecule has 2 aromatic rings. The Labute approximate surface area is 147 Å². The van der Waals surface area contributed by atoms with Crippen molar-refractivity contribution in [3.8, 4) is 0 Å². The molecule has 0 saturated carbocycles. The number of nitrogens with zero attached hydrogens (tertiary/aromatic N) is 1. The van der Waals surface area contributed by atoms with E-state index >= 15 is 0 Å². The maximum atomic E-state index is 14.2. The van der Waals surface area contributed by atoms with Crippen LogP contribution in [0.4, 0.5) is 15.2 Å². The highest BCUT2D eigenvalue weighted by atomic mass is 32.1. The third kappa shape index (κ3) is 3.94. The van der Waals surface area contributed by atoms with Crippen LogP contribution in [0.5, 0.6) is 0 Å². The zero-order valence-electron chi connectivity index (χ0n) is 13.5. The summed E-state index contributed by atoms with van der Waals surface area (Å²) in [6.45, 7) is 2.63. The van der Waals surface area contributed by atoms with Gasteiger partial charge >= 0.3 is 0 Å². The van der Waals surface area contributed by atoms with Crippen molar-refractivity contribution in [2.75, 3.05) is 24.3 Å². The summed E-state index contributed by atoms with van der Waals surface area (Å²) >= 11 is 1.04. The third-order valence-electron chi connectivity index (χ3n) is 3.82. The second-order valence-corrected chi connectivity index (χ2v) is 6.76. The topological polar surface area (TPSA) is 106 Å². The Bertz CT molecular complexity index is 818. The van der Waals surface area contributed by atoms with Crippen LogP contribution in [-0.2, 0) is 4.74 Å². The standard InChI is InChI=1S/C16H17FN4O3S/c1-8-4-11(17)10(14(22)20-9-2-3-24-7-9)5-12(8)21-15(23)13-6-19-16(18)25-13/h4-6,9H,2-3,7H2,1H3,(H2,18,19)(H,20,22)(H,21,23)/t9-/m0/s1. The summed E-state index contributed by atoms with van der Waals surface area (Å²) in [4.78, 5) is 28.7. The molecule has 0 aliphatic carbocycles. The second kappa shape index (κ2) is 7.16. The smallest absolute Gasteiger partial charge is 0.267 e. The minimum Gasteiger partial charge on any atom is -0.379 e. The van der Waals surface area contributed by atoms with Gasteiger partial charge in [-0.1, -0.05) is 11.3 Å². The maximum Gasteiger partial charge on any atom is 0.267 e. The minimum absolute atomic E-state index is 0.128. The van der Waals surface area contributed by atoms with Crippen molar-refractivity contribution in [3.05, 3.63) is 40.2 Å². The number of aromatic nitrogens is 1. The number of thiazole rings is 1. The average Bonchev–Trinajstić information content (AvgIpc) is 3.21. The van der Waals surface area contributed by atoms with Crippen molar-refractivity contribution < 1.29 is 18.7 Å². The summed E-state index contributed by atoms with van der Waals surface area (Å²) in [5.41, 5.74) is 6.24. The molecular weight excluding hydrogens is 347 g/mol. The molecule has 1 aliphatic heterocycles. The molecule has 1 saturated heterocycles. The molecule has 2 amide bonds. The monoisotopic (exact) mass is 364 g/mol. The Morgan fingerprint density at radius 3 is 2.84 bits per heavy atom. The van der Waals surface area contributed by atoms with Crippen molar-refractivity contribution in [3.63, 3.8) is 0 Å². The molecule has 25 heavy (non-hydrogen) atoms. The molecular formula is C16H17FN4O3S. The SMILES string of the molecule is Cc1cc(F)c(C(=O)N[C@H]2CCOC2)cc1NC(=O)c1cnc(N)s1. The third-order valence-corrected chi connectivity index (χ3v) is 4.64. The lowest BCUT2D eigenvalue weighted by atomic mass is 10.1. The Morgan fingerprint density at radius 1 is 1.40 bits per heavy atom. The van der Waals surface area contributed by atoms with Gasteiger partial charge in [-0.05, 0) is 31.0 Å². The predicted molar refractivity (Wildman–Crippen MR) is 92.3 cm³/mol. The number of hydrogen-bond acceptors (Lipinski definition) is 6. The van der Waals surface area contributed by atoms with E-state index < -0.39 is 17.6 Å². The molecule has 1 aliphatic rings. The van der Waals surface area contributed by atoms with Crippen LogP contribution in [0.2, 0.25) is 0 Å². The number of nitrogen functional groups attached to an aromatic ring is 1. The lowest BCUT2D eigenvalue weighted by Gasteiger charge is -2.14. The first-order valence-electron chi connectivity index (χ1n) is 7.65. The Balaban J connectivity index is 1.79. The van der Waals surface area contributed by atoms with Crippen LogP contribution in [0.1, 0.15) is 32.0 Å². The lowest BCUT2D eigenvalue weighted by molar-refractivity contribution is 0.0925. The number of carbonyl (C=O) groups is 2. The van der Waals surface area contributed by atoms with Gasteiger partial charge in [0.15, 0.2) is 5.13 Å². The molecule has 7 nitrogen and oxygen atoms in total. The van der Waals surface area contributed by atoms with Crippen LogP contribution in [0, 0.1) is 12.7 Å². The van der Waals surface area contributed by atoms with Gasteiger partial charge in [-0.2, -0.15) is 0 Å². The van der Waals surface area contributed by atoms with Crippen LogP contribution in [-0.4, -0.2) is 36.1 Å². The fraction of sp³-hybridized carbons (Fsp3) is 0.312. The number of amides is 2. The van der Waals surface area contributed by atoms with E-state index in [9.17, 15) is 14.0 Å². The first-order chi connectivity index (χ1) is 11.9. The molecule has 0 spiro atoms. The Hall–Kier alpha value is -2.52. The number of aryl methyl sites for hydroxylation is 1. The van der Waals surface area contributed by atoms with Crippen molar-refractivity contribution in [1.29, 1.82) is 0 Å². The maximum absolute atomic E-state index is 14.2. The summed E-state index contributed by atoms with van der Waals surface area (Å²) in [6, 6.07) is 2.42. The summed E-state index contributed by atoms with van der Waals surface area (Å²) < 4.78 is 19.4. The van der Waals surface area contributed by atoms with Gasteiger partial charge in [-0.3, -0.25) is 9.59 Å². The summed E-state index contributed by atoms with van der Waals surface area (Å²) in [7, 11) is 0. The van der Waals surface area contributed by atoms with Crippen molar-refractivity contribution in [2.24, 2.45) is 0 Å². The molecule has 0 radical (unpaired) electrons.